The number of hydrogen-bond donors (Lipinski definition) is 3. The van der Waals surface area contributed by atoms with Crippen LogP contribution >= 0.6 is 0 Å². The van der Waals surface area contributed by atoms with Crippen LogP contribution in [-0.2, 0) is 0 Å². The fourth-order valence-electron chi connectivity index (χ4n) is 4.47. The molecule has 1 aromatic carbocycles. The van der Waals surface area contributed by atoms with Gasteiger partial charge < -0.3 is 10.6 Å². The van der Waals surface area contributed by atoms with Crippen molar-refractivity contribution in [2.24, 2.45) is 5.92 Å². The highest BCUT2D eigenvalue weighted by molar-refractivity contribution is 5.92. The highest BCUT2D eigenvalue weighted by Crippen LogP contribution is 2.36. The van der Waals surface area contributed by atoms with Gasteiger partial charge in [0.2, 0.25) is 0 Å². The average Bonchev–Trinajstić information content (AvgIpc) is 3.69. The number of hydrogen-bond acceptors (Lipinski definition) is 6. The van der Waals surface area contributed by atoms with Gasteiger partial charge in [-0.05, 0) is 67.1 Å². The second kappa shape index (κ2) is 9.35. The molecule has 1 saturated carbocycles. The first-order chi connectivity index (χ1) is 18.1. The third-order valence-electron chi connectivity index (χ3n) is 6.69. The van der Waals surface area contributed by atoms with Crippen LogP contribution < -0.4 is 10.6 Å². The molecule has 5 aromatic rings. The quantitative estimate of drug-likeness (QED) is 0.224. The van der Waals surface area contributed by atoms with Gasteiger partial charge in [0, 0.05) is 41.1 Å². The molecular formula is C30H27N7. The third-order valence-corrected chi connectivity index (χ3v) is 6.69. The number of allylic oxidation sites excluding steroid dienone is 1. The van der Waals surface area contributed by atoms with Gasteiger partial charge in [0.1, 0.15) is 11.2 Å². The summed E-state index contributed by atoms with van der Waals surface area (Å²) in [5.74, 6) is 0.568. The molecule has 1 fully saturated rings. The largest absolute Gasteiger partial charge is 0.358 e. The lowest BCUT2D eigenvalue weighted by molar-refractivity contribution is 1.02. The van der Waals surface area contributed by atoms with E-state index in [9.17, 15) is 0 Å². The first kappa shape index (κ1) is 22.7. The number of H-pyrrole nitrogens is 1. The Morgan fingerprint density at radius 2 is 1.81 bits per heavy atom. The van der Waals surface area contributed by atoms with Gasteiger partial charge in [0.15, 0.2) is 0 Å². The molecule has 6 rings (SSSR count). The minimum Gasteiger partial charge on any atom is -0.358 e. The molecule has 0 amide bonds. The number of nitrogens with one attached hydrogen (secondary N) is 3. The van der Waals surface area contributed by atoms with E-state index in [2.05, 4.69) is 69.1 Å². The van der Waals surface area contributed by atoms with E-state index in [4.69, 9.17) is 4.98 Å². The van der Waals surface area contributed by atoms with Crippen molar-refractivity contribution < 1.29 is 0 Å². The van der Waals surface area contributed by atoms with E-state index in [1.165, 1.54) is 12.8 Å². The highest BCUT2D eigenvalue weighted by Gasteiger charge is 2.24. The summed E-state index contributed by atoms with van der Waals surface area (Å²) in [6.07, 6.45) is 9.68. The molecule has 0 spiro atoms. The summed E-state index contributed by atoms with van der Waals surface area (Å²) in [5.41, 5.74) is 10.9. The molecular weight excluding hydrogens is 458 g/mol. The number of benzene rings is 1. The smallest absolute Gasteiger partial charge is 0.134 e. The van der Waals surface area contributed by atoms with E-state index in [0.717, 1.165) is 56.1 Å². The van der Waals surface area contributed by atoms with Gasteiger partial charge >= 0.3 is 0 Å². The molecule has 0 unspecified atom stereocenters. The SMILES string of the molecule is C=C(Nc1cccc(-c2cccnc2)c1C)c1n[nH]c2ccc(-c3cncc(NC(=C)C4CC4)c3)nc12. The Kier molecular flexibility index (Phi) is 5.73. The Labute approximate surface area is 215 Å². The van der Waals surface area contributed by atoms with Crippen molar-refractivity contribution in [3.05, 3.63) is 103 Å². The van der Waals surface area contributed by atoms with Gasteiger partial charge in [-0.15, -0.1) is 0 Å². The molecule has 3 N–H and O–H groups in total. The van der Waals surface area contributed by atoms with Crippen molar-refractivity contribution in [2.45, 2.75) is 19.8 Å². The van der Waals surface area contributed by atoms with Gasteiger partial charge in [-0.25, -0.2) is 4.98 Å². The summed E-state index contributed by atoms with van der Waals surface area (Å²) in [4.78, 5) is 13.6. The molecule has 182 valence electrons. The molecule has 0 radical (unpaired) electrons. The van der Waals surface area contributed by atoms with E-state index in [-0.39, 0.29) is 0 Å². The van der Waals surface area contributed by atoms with Gasteiger partial charge in [-0.2, -0.15) is 5.10 Å². The van der Waals surface area contributed by atoms with Crippen molar-refractivity contribution in [1.29, 1.82) is 0 Å². The molecule has 0 bridgehead atoms. The highest BCUT2D eigenvalue weighted by atomic mass is 15.1. The van der Waals surface area contributed by atoms with Crippen molar-refractivity contribution in [1.82, 2.24) is 25.1 Å². The van der Waals surface area contributed by atoms with E-state index in [0.29, 0.717) is 17.3 Å². The van der Waals surface area contributed by atoms with E-state index in [1.54, 1.807) is 6.20 Å². The topological polar surface area (TPSA) is 91.4 Å². The molecule has 4 aromatic heterocycles. The molecule has 37 heavy (non-hydrogen) atoms. The number of nitrogens with zero attached hydrogens (tertiary/aromatic N) is 4. The number of fused-ring (bicyclic) bond motifs is 1. The Balaban J connectivity index is 1.28. The fraction of sp³-hybridized carbons (Fsp3) is 0.133. The van der Waals surface area contributed by atoms with Crippen LogP contribution in [0.2, 0.25) is 0 Å². The average molecular weight is 486 g/mol. The summed E-state index contributed by atoms with van der Waals surface area (Å²) in [6.45, 7) is 10.5. The van der Waals surface area contributed by atoms with Crippen LogP contribution in [0, 0.1) is 12.8 Å². The normalized spacial score (nSPS) is 12.9. The Morgan fingerprint density at radius 3 is 2.62 bits per heavy atom. The number of aromatic nitrogens is 5. The minimum absolute atomic E-state index is 0.568. The Bertz CT molecular complexity index is 1630. The summed E-state index contributed by atoms with van der Waals surface area (Å²) in [6, 6.07) is 16.2. The Morgan fingerprint density at radius 1 is 0.946 bits per heavy atom. The zero-order valence-electron chi connectivity index (χ0n) is 20.6. The molecule has 4 heterocycles. The summed E-state index contributed by atoms with van der Waals surface area (Å²) in [5, 5.41) is 14.4. The van der Waals surface area contributed by atoms with Crippen LogP contribution in [0.3, 0.4) is 0 Å². The fourth-order valence-corrected chi connectivity index (χ4v) is 4.47. The first-order valence-electron chi connectivity index (χ1n) is 12.3. The van der Waals surface area contributed by atoms with E-state index >= 15 is 0 Å². The van der Waals surface area contributed by atoms with Crippen molar-refractivity contribution >= 4 is 28.1 Å². The number of rotatable bonds is 8. The van der Waals surface area contributed by atoms with Gasteiger partial charge in [-0.1, -0.05) is 31.4 Å². The monoisotopic (exact) mass is 485 g/mol. The second-order valence-corrected chi connectivity index (χ2v) is 9.38. The van der Waals surface area contributed by atoms with Crippen molar-refractivity contribution in [3.8, 4) is 22.4 Å². The van der Waals surface area contributed by atoms with Crippen LogP contribution in [0.1, 0.15) is 24.1 Å². The van der Waals surface area contributed by atoms with Crippen LogP contribution in [0.25, 0.3) is 39.1 Å². The molecule has 7 nitrogen and oxygen atoms in total. The maximum absolute atomic E-state index is 4.93. The predicted molar refractivity (Wildman–Crippen MR) is 150 cm³/mol. The lowest BCUT2D eigenvalue weighted by Gasteiger charge is -2.14. The molecule has 1 aliphatic rings. The van der Waals surface area contributed by atoms with Crippen LogP contribution in [0.5, 0.6) is 0 Å². The van der Waals surface area contributed by atoms with Gasteiger partial charge in [0.25, 0.3) is 0 Å². The second-order valence-electron chi connectivity index (χ2n) is 9.38. The predicted octanol–water partition coefficient (Wildman–Crippen LogP) is 6.81. The molecule has 0 saturated heterocycles. The standard InChI is InChI=1S/C30H27N7/c1-18-25(22-6-5-13-31-15-22)7-4-8-26(18)34-20(3)29-30-28(36-37-29)12-11-27(35-30)23-14-24(17-32-16-23)33-19(2)21-9-10-21/h4-8,11-17,21,33-34H,2-3,9-10H2,1H3,(H,36,37). The lowest BCUT2D eigenvalue weighted by Crippen LogP contribution is -2.02. The molecule has 7 heteroatoms. The number of anilines is 2. The van der Waals surface area contributed by atoms with Crippen LogP contribution in [0.4, 0.5) is 11.4 Å². The molecule has 0 atom stereocenters. The summed E-state index contributed by atoms with van der Waals surface area (Å²) in [7, 11) is 0. The summed E-state index contributed by atoms with van der Waals surface area (Å²) < 4.78 is 0. The number of pyridine rings is 3. The molecule has 1 aliphatic carbocycles. The Hall–Kier alpha value is -4.78. The lowest BCUT2D eigenvalue weighted by atomic mass is 10.0. The summed E-state index contributed by atoms with van der Waals surface area (Å²) >= 11 is 0. The van der Waals surface area contributed by atoms with Crippen LogP contribution in [0.15, 0.2) is 92.2 Å². The van der Waals surface area contributed by atoms with Crippen molar-refractivity contribution in [3.63, 3.8) is 0 Å². The van der Waals surface area contributed by atoms with E-state index < -0.39 is 0 Å². The maximum Gasteiger partial charge on any atom is 0.134 e. The zero-order valence-corrected chi connectivity index (χ0v) is 20.6. The minimum atomic E-state index is 0.568. The van der Waals surface area contributed by atoms with Gasteiger partial charge in [0.05, 0.1) is 28.8 Å². The maximum atomic E-state index is 4.93. The van der Waals surface area contributed by atoms with E-state index in [1.807, 2.05) is 48.9 Å². The van der Waals surface area contributed by atoms with Crippen LogP contribution in [-0.4, -0.2) is 25.1 Å². The first-order valence-corrected chi connectivity index (χ1v) is 12.3. The molecule has 0 aliphatic heterocycles. The third kappa shape index (κ3) is 4.59. The van der Waals surface area contributed by atoms with Gasteiger partial charge in [-0.3, -0.25) is 15.1 Å². The number of aromatic amines is 1. The zero-order chi connectivity index (χ0) is 25.4. The van der Waals surface area contributed by atoms with Crippen molar-refractivity contribution in [2.75, 3.05) is 10.6 Å².